The molecule has 0 aromatic heterocycles. The lowest BCUT2D eigenvalue weighted by molar-refractivity contribution is 0.221. The Morgan fingerprint density at radius 3 is 2.70 bits per heavy atom. The van der Waals surface area contributed by atoms with E-state index in [-0.39, 0.29) is 0 Å². The Labute approximate surface area is 122 Å². The summed E-state index contributed by atoms with van der Waals surface area (Å²) >= 11 is 0. The fourth-order valence-electron chi connectivity index (χ4n) is 3.57. The highest BCUT2D eigenvalue weighted by molar-refractivity contribution is 5.27. The first-order chi connectivity index (χ1) is 9.85. The van der Waals surface area contributed by atoms with Crippen LogP contribution in [-0.2, 0) is 6.42 Å². The van der Waals surface area contributed by atoms with Gasteiger partial charge in [0.2, 0.25) is 0 Å². The Morgan fingerprint density at radius 2 is 1.90 bits per heavy atom. The van der Waals surface area contributed by atoms with Crippen molar-refractivity contribution in [2.45, 2.75) is 31.7 Å². The van der Waals surface area contributed by atoms with Crippen molar-refractivity contribution >= 4 is 0 Å². The molecule has 0 saturated carbocycles. The fourth-order valence-corrected chi connectivity index (χ4v) is 3.57. The van der Waals surface area contributed by atoms with Gasteiger partial charge in [0.1, 0.15) is 5.75 Å². The van der Waals surface area contributed by atoms with Crippen molar-refractivity contribution in [1.29, 1.82) is 0 Å². The van der Waals surface area contributed by atoms with E-state index in [1.807, 2.05) is 0 Å². The van der Waals surface area contributed by atoms with Gasteiger partial charge in [0.25, 0.3) is 0 Å². The van der Waals surface area contributed by atoms with E-state index in [9.17, 15) is 0 Å². The summed E-state index contributed by atoms with van der Waals surface area (Å²) in [5, 5.41) is 0. The molecule has 1 unspecified atom stereocenters. The third-order valence-electron chi connectivity index (χ3n) is 4.76. The molecule has 0 amide bonds. The zero-order chi connectivity index (χ0) is 13.8. The van der Waals surface area contributed by atoms with E-state index in [1.165, 1.54) is 57.5 Å². The highest BCUT2D eigenvalue weighted by Gasteiger charge is 2.28. The van der Waals surface area contributed by atoms with Crippen LogP contribution in [0.4, 0.5) is 0 Å². The Hall–Kier alpha value is -1.06. The van der Waals surface area contributed by atoms with Gasteiger partial charge in [-0.1, -0.05) is 12.1 Å². The molecule has 1 atom stereocenters. The minimum atomic E-state index is 0.827. The number of benzene rings is 1. The number of hydrogen-bond acceptors (Lipinski definition) is 3. The first kappa shape index (κ1) is 13.9. The van der Waals surface area contributed by atoms with Crippen molar-refractivity contribution in [1.82, 2.24) is 9.80 Å². The van der Waals surface area contributed by atoms with E-state index >= 15 is 0 Å². The summed E-state index contributed by atoms with van der Waals surface area (Å²) in [6.07, 6.45) is 5.28. The van der Waals surface area contributed by atoms with Crippen molar-refractivity contribution < 1.29 is 4.74 Å². The quantitative estimate of drug-likeness (QED) is 0.838. The van der Waals surface area contributed by atoms with Crippen molar-refractivity contribution in [3.8, 4) is 5.75 Å². The van der Waals surface area contributed by atoms with Crippen LogP contribution in [0.5, 0.6) is 5.75 Å². The molecule has 2 aliphatic heterocycles. The van der Waals surface area contributed by atoms with Crippen LogP contribution >= 0.6 is 0 Å². The molecule has 1 aromatic carbocycles. The molecule has 20 heavy (non-hydrogen) atoms. The lowest BCUT2D eigenvalue weighted by Gasteiger charge is -2.25. The number of methoxy groups -OCH3 is 1. The summed E-state index contributed by atoms with van der Waals surface area (Å²) in [6, 6.07) is 9.35. The van der Waals surface area contributed by atoms with Gasteiger partial charge < -0.3 is 9.64 Å². The van der Waals surface area contributed by atoms with Gasteiger partial charge in [-0.05, 0) is 63.0 Å². The molecule has 2 saturated heterocycles. The average molecular weight is 274 g/mol. The SMILES string of the molecule is COc1ccc(CCN2CCCN3CCCC3C2)cc1. The van der Waals surface area contributed by atoms with Gasteiger partial charge in [0.05, 0.1) is 7.11 Å². The van der Waals surface area contributed by atoms with Crippen LogP contribution in [0.3, 0.4) is 0 Å². The second kappa shape index (κ2) is 6.59. The van der Waals surface area contributed by atoms with Gasteiger partial charge in [-0.3, -0.25) is 4.90 Å². The highest BCUT2D eigenvalue weighted by Crippen LogP contribution is 2.21. The number of nitrogens with zero attached hydrogens (tertiary/aromatic N) is 2. The third kappa shape index (κ3) is 3.33. The Bertz CT molecular complexity index is 418. The summed E-state index contributed by atoms with van der Waals surface area (Å²) < 4.78 is 5.21. The number of hydrogen-bond donors (Lipinski definition) is 0. The van der Waals surface area contributed by atoms with Crippen LogP contribution in [0, 0.1) is 0 Å². The second-order valence-electron chi connectivity index (χ2n) is 6.08. The second-order valence-corrected chi connectivity index (χ2v) is 6.08. The molecule has 1 aromatic rings. The standard InChI is InChI=1S/C17H26N2O/c1-20-17-7-5-15(6-8-17)9-13-18-10-3-12-19-11-2-4-16(19)14-18/h5-8,16H,2-4,9-14H2,1H3. The van der Waals surface area contributed by atoms with Crippen LogP contribution in [0.15, 0.2) is 24.3 Å². The lowest BCUT2D eigenvalue weighted by Crippen LogP contribution is -2.37. The normalized spacial score (nSPS) is 24.4. The minimum Gasteiger partial charge on any atom is -0.497 e. The topological polar surface area (TPSA) is 15.7 Å². The Balaban J connectivity index is 1.51. The highest BCUT2D eigenvalue weighted by atomic mass is 16.5. The van der Waals surface area contributed by atoms with Crippen LogP contribution in [0.25, 0.3) is 0 Å². The lowest BCUT2D eigenvalue weighted by atomic mass is 10.1. The van der Waals surface area contributed by atoms with Gasteiger partial charge in [-0.25, -0.2) is 0 Å². The van der Waals surface area contributed by atoms with Crippen LogP contribution in [0.2, 0.25) is 0 Å². The molecule has 3 heteroatoms. The van der Waals surface area contributed by atoms with E-state index in [0.717, 1.165) is 18.2 Å². The molecular formula is C17H26N2O. The van der Waals surface area contributed by atoms with Crippen molar-refractivity contribution in [2.75, 3.05) is 39.8 Å². The predicted octanol–water partition coefficient (Wildman–Crippen LogP) is 2.41. The molecular weight excluding hydrogens is 248 g/mol. The van der Waals surface area contributed by atoms with Gasteiger partial charge in [-0.15, -0.1) is 0 Å². The molecule has 3 rings (SSSR count). The summed E-state index contributed by atoms with van der Waals surface area (Å²) in [6.45, 7) is 6.37. The Kier molecular flexibility index (Phi) is 4.58. The molecule has 3 nitrogen and oxygen atoms in total. The molecule has 0 bridgehead atoms. The zero-order valence-corrected chi connectivity index (χ0v) is 12.6. The van der Waals surface area contributed by atoms with E-state index in [4.69, 9.17) is 4.74 Å². The maximum atomic E-state index is 5.21. The Morgan fingerprint density at radius 1 is 1.10 bits per heavy atom. The van der Waals surface area contributed by atoms with Crippen molar-refractivity contribution in [3.63, 3.8) is 0 Å². The fraction of sp³-hybridized carbons (Fsp3) is 0.647. The first-order valence-corrected chi connectivity index (χ1v) is 7.94. The molecule has 0 aliphatic carbocycles. The van der Waals surface area contributed by atoms with Crippen molar-refractivity contribution in [3.05, 3.63) is 29.8 Å². The maximum Gasteiger partial charge on any atom is 0.118 e. The summed E-state index contributed by atoms with van der Waals surface area (Å²) in [5.41, 5.74) is 1.42. The maximum absolute atomic E-state index is 5.21. The molecule has 0 spiro atoms. The van der Waals surface area contributed by atoms with Gasteiger partial charge in [-0.2, -0.15) is 0 Å². The molecule has 0 N–H and O–H groups in total. The van der Waals surface area contributed by atoms with Gasteiger partial charge in [0, 0.05) is 19.1 Å². The number of ether oxygens (including phenoxy) is 1. The van der Waals surface area contributed by atoms with E-state index < -0.39 is 0 Å². The average Bonchev–Trinajstić information content (AvgIpc) is 2.83. The number of rotatable bonds is 4. The van der Waals surface area contributed by atoms with Gasteiger partial charge >= 0.3 is 0 Å². The van der Waals surface area contributed by atoms with Crippen LogP contribution < -0.4 is 4.74 Å². The van der Waals surface area contributed by atoms with E-state index in [1.54, 1.807) is 7.11 Å². The largest absolute Gasteiger partial charge is 0.497 e. The summed E-state index contributed by atoms with van der Waals surface area (Å²) in [5.74, 6) is 0.949. The monoisotopic (exact) mass is 274 g/mol. The zero-order valence-electron chi connectivity index (χ0n) is 12.6. The molecule has 0 radical (unpaired) electrons. The van der Waals surface area contributed by atoms with Crippen LogP contribution in [0.1, 0.15) is 24.8 Å². The molecule has 2 aliphatic rings. The van der Waals surface area contributed by atoms with Crippen LogP contribution in [-0.4, -0.2) is 55.7 Å². The smallest absolute Gasteiger partial charge is 0.118 e. The molecule has 110 valence electrons. The molecule has 2 heterocycles. The first-order valence-electron chi connectivity index (χ1n) is 7.94. The van der Waals surface area contributed by atoms with Crippen molar-refractivity contribution in [2.24, 2.45) is 0 Å². The predicted molar refractivity (Wildman–Crippen MR) is 82.4 cm³/mol. The number of fused-ring (bicyclic) bond motifs is 1. The third-order valence-corrected chi connectivity index (χ3v) is 4.76. The van der Waals surface area contributed by atoms with E-state index in [2.05, 4.69) is 34.1 Å². The van der Waals surface area contributed by atoms with Gasteiger partial charge in [0.15, 0.2) is 0 Å². The molecule has 2 fully saturated rings. The summed E-state index contributed by atoms with van der Waals surface area (Å²) in [7, 11) is 1.72. The van der Waals surface area contributed by atoms with E-state index in [0.29, 0.717) is 0 Å². The summed E-state index contributed by atoms with van der Waals surface area (Å²) in [4.78, 5) is 5.37. The minimum absolute atomic E-state index is 0.827.